The SMILES string of the molecule is C=C(C)C(CCCC=O)C(C)Nc1ccc(Nc2c(C#N)cnc3cc(OCC)c(NC(=O)CCCN(C)C)cc23)cc1Cl. The zero-order valence-corrected chi connectivity index (χ0v) is 27.1. The number of nitrogens with one attached hydrogen (secondary N) is 3. The van der Waals surface area contributed by atoms with Gasteiger partial charge in [-0.1, -0.05) is 23.8 Å². The van der Waals surface area contributed by atoms with E-state index in [0.717, 1.165) is 43.4 Å². The van der Waals surface area contributed by atoms with Crippen LogP contribution in [0, 0.1) is 17.2 Å². The van der Waals surface area contributed by atoms with Crippen molar-refractivity contribution < 1.29 is 14.3 Å². The van der Waals surface area contributed by atoms with Crippen molar-refractivity contribution in [2.75, 3.05) is 43.2 Å². The van der Waals surface area contributed by atoms with Crippen LogP contribution in [0.3, 0.4) is 0 Å². The van der Waals surface area contributed by atoms with Crippen LogP contribution in [-0.2, 0) is 9.59 Å². The summed E-state index contributed by atoms with van der Waals surface area (Å²) in [6.45, 7) is 11.3. The molecule has 0 radical (unpaired) electrons. The smallest absolute Gasteiger partial charge is 0.224 e. The number of carbonyl (C=O) groups excluding carboxylic acids is 2. The number of anilines is 4. The van der Waals surface area contributed by atoms with Gasteiger partial charge in [0.1, 0.15) is 18.1 Å². The van der Waals surface area contributed by atoms with Crippen LogP contribution in [0.4, 0.5) is 22.7 Å². The van der Waals surface area contributed by atoms with E-state index in [2.05, 4.69) is 40.5 Å². The molecule has 0 bridgehead atoms. The number of ether oxygens (including phenoxy) is 1. The molecule has 0 saturated carbocycles. The van der Waals surface area contributed by atoms with E-state index < -0.39 is 0 Å². The zero-order chi connectivity index (χ0) is 32.2. The van der Waals surface area contributed by atoms with Crippen molar-refractivity contribution in [2.24, 2.45) is 5.92 Å². The number of nitrogens with zero attached hydrogens (tertiary/aromatic N) is 3. The third-order valence-electron chi connectivity index (χ3n) is 7.37. The molecule has 0 aliphatic carbocycles. The molecule has 2 atom stereocenters. The Bertz CT molecular complexity index is 1520. The molecule has 3 N–H and O–H groups in total. The number of hydrogen-bond acceptors (Lipinski definition) is 8. The van der Waals surface area contributed by atoms with Gasteiger partial charge in [0.05, 0.1) is 39.8 Å². The van der Waals surface area contributed by atoms with Crippen LogP contribution in [0.1, 0.15) is 58.4 Å². The maximum atomic E-state index is 12.8. The number of hydrogen-bond donors (Lipinski definition) is 3. The Kier molecular flexibility index (Phi) is 13.0. The normalized spacial score (nSPS) is 12.3. The Morgan fingerprint density at radius 3 is 2.64 bits per heavy atom. The lowest BCUT2D eigenvalue weighted by Gasteiger charge is -2.27. The third-order valence-corrected chi connectivity index (χ3v) is 7.68. The Morgan fingerprint density at radius 2 is 2.00 bits per heavy atom. The first-order valence-electron chi connectivity index (χ1n) is 14.9. The fourth-order valence-corrected chi connectivity index (χ4v) is 5.36. The number of carbonyl (C=O) groups is 2. The van der Waals surface area contributed by atoms with Crippen molar-refractivity contribution in [1.82, 2.24) is 9.88 Å². The second kappa shape index (κ2) is 16.6. The molecule has 2 aromatic carbocycles. The summed E-state index contributed by atoms with van der Waals surface area (Å²) in [7, 11) is 3.94. The van der Waals surface area contributed by atoms with E-state index in [1.165, 1.54) is 6.20 Å². The first-order valence-corrected chi connectivity index (χ1v) is 15.3. The molecule has 1 amide bonds. The van der Waals surface area contributed by atoms with Gasteiger partial charge in [-0.2, -0.15) is 5.26 Å². The third kappa shape index (κ3) is 9.43. The van der Waals surface area contributed by atoms with Crippen LogP contribution in [-0.4, -0.2) is 55.4 Å². The molecule has 1 heterocycles. The number of amides is 1. The van der Waals surface area contributed by atoms with Gasteiger partial charge in [0, 0.05) is 42.2 Å². The van der Waals surface area contributed by atoms with E-state index >= 15 is 0 Å². The highest BCUT2D eigenvalue weighted by atomic mass is 35.5. The first kappa shape index (κ1) is 34.4. The molecule has 1 aromatic heterocycles. The zero-order valence-electron chi connectivity index (χ0n) is 26.3. The van der Waals surface area contributed by atoms with Gasteiger partial charge in [-0.05, 0) is 90.9 Å². The minimum Gasteiger partial charge on any atom is -0.492 e. The van der Waals surface area contributed by atoms with E-state index in [-0.39, 0.29) is 17.9 Å². The van der Waals surface area contributed by atoms with Crippen LogP contribution in [0.5, 0.6) is 5.75 Å². The Labute approximate surface area is 265 Å². The Balaban J connectivity index is 1.90. The highest BCUT2D eigenvalue weighted by molar-refractivity contribution is 6.33. The van der Waals surface area contributed by atoms with E-state index in [1.54, 1.807) is 18.2 Å². The molecule has 10 heteroatoms. The average Bonchev–Trinajstić information content (AvgIpc) is 2.97. The number of aromatic nitrogens is 1. The van der Waals surface area contributed by atoms with Crippen LogP contribution in [0.15, 0.2) is 48.7 Å². The van der Waals surface area contributed by atoms with E-state index in [9.17, 15) is 14.9 Å². The highest BCUT2D eigenvalue weighted by Gasteiger charge is 2.20. The van der Waals surface area contributed by atoms with Crippen molar-refractivity contribution in [3.8, 4) is 11.8 Å². The van der Waals surface area contributed by atoms with Crippen molar-refractivity contribution in [3.05, 3.63) is 59.3 Å². The number of unbranched alkanes of at least 4 members (excludes halogenated alkanes) is 1. The molecule has 0 saturated heterocycles. The summed E-state index contributed by atoms with van der Waals surface area (Å²) in [6.07, 6.45) is 5.75. The van der Waals surface area contributed by atoms with E-state index in [1.807, 2.05) is 45.0 Å². The average molecular weight is 619 g/mol. The van der Waals surface area contributed by atoms with Crippen LogP contribution < -0.4 is 20.7 Å². The molecule has 0 aliphatic rings. The molecule has 3 rings (SSSR count). The molecule has 0 spiro atoms. The molecule has 44 heavy (non-hydrogen) atoms. The summed E-state index contributed by atoms with van der Waals surface area (Å²) in [5.41, 5.74) is 4.52. The number of halogens is 1. The summed E-state index contributed by atoms with van der Waals surface area (Å²) in [5.74, 6) is 0.582. The topological polar surface area (TPSA) is 119 Å². The minimum atomic E-state index is -0.118. The van der Waals surface area contributed by atoms with Gasteiger partial charge in [0.2, 0.25) is 5.91 Å². The minimum absolute atomic E-state index is 0.0563. The summed E-state index contributed by atoms with van der Waals surface area (Å²) in [5, 5.41) is 20.9. The number of nitriles is 1. The fourth-order valence-electron chi connectivity index (χ4n) is 5.12. The largest absolute Gasteiger partial charge is 0.492 e. The van der Waals surface area contributed by atoms with Crippen LogP contribution in [0.2, 0.25) is 5.02 Å². The van der Waals surface area contributed by atoms with E-state index in [4.69, 9.17) is 16.3 Å². The number of fused-ring (bicyclic) bond motifs is 1. The molecule has 2 unspecified atom stereocenters. The molecular formula is C34H43ClN6O3. The van der Waals surface area contributed by atoms with E-state index in [0.29, 0.717) is 63.7 Å². The number of aldehydes is 1. The van der Waals surface area contributed by atoms with Crippen molar-refractivity contribution in [2.45, 2.75) is 58.9 Å². The van der Waals surface area contributed by atoms with Gasteiger partial charge in [-0.15, -0.1) is 0 Å². The molecule has 0 fully saturated rings. The monoisotopic (exact) mass is 618 g/mol. The molecule has 3 aromatic rings. The molecule has 234 valence electrons. The van der Waals surface area contributed by atoms with Crippen molar-refractivity contribution in [3.63, 3.8) is 0 Å². The summed E-state index contributed by atoms with van der Waals surface area (Å²) in [4.78, 5) is 30.1. The molecule has 9 nitrogen and oxygen atoms in total. The summed E-state index contributed by atoms with van der Waals surface area (Å²) < 4.78 is 5.83. The molecular weight excluding hydrogens is 576 g/mol. The lowest BCUT2D eigenvalue weighted by Crippen LogP contribution is -2.27. The highest BCUT2D eigenvalue weighted by Crippen LogP contribution is 2.37. The standard InChI is InChI=1S/C34H43ClN6O3/c1-7-44-32-19-30-27(18-31(32)40-33(43)12-10-15-41(5)6)34(24(20-36)21-37-30)39-25-13-14-29(28(35)17-25)38-23(4)26(22(2)3)11-8-9-16-42/h13-14,16-19,21,23,26,38H,2,7-12,15H2,1,3-6H3,(H,37,39)(H,40,43). The fraction of sp³-hybridized carbons (Fsp3) is 0.412. The van der Waals surface area contributed by atoms with Gasteiger partial charge >= 0.3 is 0 Å². The van der Waals surface area contributed by atoms with Gasteiger partial charge in [0.15, 0.2) is 0 Å². The number of pyridine rings is 1. The van der Waals surface area contributed by atoms with Gasteiger partial charge in [-0.25, -0.2) is 0 Å². The number of rotatable bonds is 17. The lowest BCUT2D eigenvalue weighted by atomic mass is 9.89. The molecule has 0 aliphatic heterocycles. The van der Waals surface area contributed by atoms with Gasteiger partial charge < -0.3 is 30.4 Å². The lowest BCUT2D eigenvalue weighted by molar-refractivity contribution is -0.116. The van der Waals surface area contributed by atoms with Gasteiger partial charge in [-0.3, -0.25) is 9.78 Å². The van der Waals surface area contributed by atoms with Crippen molar-refractivity contribution in [1.29, 1.82) is 5.26 Å². The first-order chi connectivity index (χ1) is 21.1. The summed E-state index contributed by atoms with van der Waals surface area (Å²) in [6, 6.07) is 11.4. The second-order valence-electron chi connectivity index (χ2n) is 11.2. The maximum absolute atomic E-state index is 12.8. The predicted octanol–water partition coefficient (Wildman–Crippen LogP) is 7.54. The summed E-state index contributed by atoms with van der Waals surface area (Å²) >= 11 is 6.73. The van der Waals surface area contributed by atoms with Crippen LogP contribution >= 0.6 is 11.6 Å². The number of benzene rings is 2. The Morgan fingerprint density at radius 1 is 1.23 bits per heavy atom. The maximum Gasteiger partial charge on any atom is 0.224 e. The predicted molar refractivity (Wildman–Crippen MR) is 180 cm³/mol. The second-order valence-corrected chi connectivity index (χ2v) is 11.6. The Hall–Kier alpha value is -4.13. The van der Waals surface area contributed by atoms with Crippen LogP contribution in [0.25, 0.3) is 10.9 Å². The van der Waals surface area contributed by atoms with Gasteiger partial charge in [0.25, 0.3) is 0 Å². The quantitative estimate of drug-likeness (QED) is 0.0806. The van der Waals surface area contributed by atoms with Crippen molar-refractivity contribution >= 4 is 57.4 Å².